The summed E-state index contributed by atoms with van der Waals surface area (Å²) in [6, 6.07) is 0. The summed E-state index contributed by atoms with van der Waals surface area (Å²) in [5.41, 5.74) is -0.404. The van der Waals surface area contributed by atoms with E-state index in [1.165, 1.54) is 0 Å². The molecule has 14 nitrogen and oxygen atoms in total. The van der Waals surface area contributed by atoms with Crippen LogP contribution in [0.25, 0.3) is 0 Å². The van der Waals surface area contributed by atoms with Crippen LogP contribution in [0.2, 0.25) is 0 Å². The molecular formula is C59H128O14. The van der Waals surface area contributed by atoms with Gasteiger partial charge in [-0.3, -0.25) is 0 Å². The van der Waals surface area contributed by atoms with Crippen molar-refractivity contribution in [3.8, 4) is 0 Å². The van der Waals surface area contributed by atoms with Gasteiger partial charge in [0.2, 0.25) is 0 Å². The second-order valence-corrected chi connectivity index (χ2v) is 24.5. The third-order valence-electron chi connectivity index (χ3n) is 7.79. The molecule has 0 amide bonds. The first kappa shape index (κ1) is 81.3. The molecule has 448 valence electrons. The fourth-order valence-corrected chi connectivity index (χ4v) is 5.50. The lowest BCUT2D eigenvalue weighted by atomic mass is 10.2. The molecule has 0 aliphatic rings. The largest absolute Gasteiger partial charge is 0.379 e. The Morgan fingerprint density at radius 3 is 0.671 bits per heavy atom. The first-order valence-electron chi connectivity index (χ1n) is 28.1. The maximum absolute atomic E-state index is 5.72. The number of hydrogen-bond acceptors (Lipinski definition) is 14. The Morgan fingerprint density at radius 2 is 0.438 bits per heavy atom. The molecule has 0 N–H and O–H groups in total. The Kier molecular flexibility index (Phi) is 56.7. The van der Waals surface area contributed by atoms with E-state index in [1.807, 2.05) is 83.1 Å². The van der Waals surface area contributed by atoms with Crippen molar-refractivity contribution in [2.75, 3.05) is 132 Å². The van der Waals surface area contributed by atoms with Crippen molar-refractivity contribution in [1.82, 2.24) is 0 Å². The zero-order valence-corrected chi connectivity index (χ0v) is 53.2. The van der Waals surface area contributed by atoms with Gasteiger partial charge in [0.25, 0.3) is 0 Å². The quantitative estimate of drug-likeness (QED) is 0.0547. The predicted molar refractivity (Wildman–Crippen MR) is 305 cm³/mol. The Morgan fingerprint density at radius 1 is 0.233 bits per heavy atom. The van der Waals surface area contributed by atoms with Gasteiger partial charge in [0.05, 0.1) is 145 Å². The van der Waals surface area contributed by atoms with Crippen molar-refractivity contribution in [1.29, 1.82) is 0 Å². The van der Waals surface area contributed by atoms with Gasteiger partial charge in [-0.1, -0.05) is 55.4 Å². The van der Waals surface area contributed by atoms with Crippen molar-refractivity contribution in [3.63, 3.8) is 0 Å². The molecule has 0 spiro atoms. The maximum atomic E-state index is 5.72. The molecule has 3 atom stereocenters. The van der Waals surface area contributed by atoms with Crippen LogP contribution < -0.4 is 0 Å². The molecule has 0 bridgehead atoms. The van der Waals surface area contributed by atoms with Crippen molar-refractivity contribution in [2.24, 2.45) is 17.8 Å². The van der Waals surface area contributed by atoms with E-state index in [-0.39, 0.29) is 46.3 Å². The van der Waals surface area contributed by atoms with E-state index < -0.39 is 0 Å². The van der Waals surface area contributed by atoms with Crippen LogP contribution in [0.15, 0.2) is 0 Å². The van der Waals surface area contributed by atoms with Gasteiger partial charge in [0, 0.05) is 33.0 Å². The summed E-state index contributed by atoms with van der Waals surface area (Å²) in [4.78, 5) is 0. The highest BCUT2D eigenvalue weighted by atomic mass is 16.6. The summed E-state index contributed by atoms with van der Waals surface area (Å²) in [6.07, 6.45) is 2.57. The van der Waals surface area contributed by atoms with E-state index in [0.717, 1.165) is 45.9 Å². The second-order valence-electron chi connectivity index (χ2n) is 24.5. The summed E-state index contributed by atoms with van der Waals surface area (Å²) in [6.45, 7) is 67.8. The Balaban J connectivity index is -0.000000264. The highest BCUT2D eigenvalue weighted by Gasteiger charge is 2.17. The monoisotopic (exact) mass is 1060 g/mol. The van der Waals surface area contributed by atoms with Crippen LogP contribution in [0.4, 0.5) is 0 Å². The predicted octanol–water partition coefficient (Wildman–Crippen LogP) is 13.1. The van der Waals surface area contributed by atoms with E-state index in [2.05, 4.69) is 96.9 Å². The van der Waals surface area contributed by atoms with Gasteiger partial charge < -0.3 is 66.3 Å². The molecule has 0 fully saturated rings. The molecule has 0 saturated heterocycles. The zero-order chi connectivity index (χ0) is 57.4. The molecular weight excluding hydrogens is 933 g/mol. The first-order chi connectivity index (χ1) is 33.6. The third-order valence-corrected chi connectivity index (χ3v) is 7.79. The van der Waals surface area contributed by atoms with Crippen LogP contribution in [0.5, 0.6) is 0 Å². The SMILES string of the molecule is CC(C)COCC(C)OC(C)(C)C.CC(C)COCCOCC(C)OC(C)(C)C.CC(C)COCCOCCOC(C)(C)C.CCCOCCOCC(C)OC(C)(C)C.CCCOCCOCCOC(C)(C)C. The lowest BCUT2D eigenvalue weighted by molar-refractivity contribution is -0.0890. The lowest BCUT2D eigenvalue weighted by Gasteiger charge is -2.25. The van der Waals surface area contributed by atoms with E-state index in [4.69, 9.17) is 66.3 Å². The smallest absolute Gasteiger partial charge is 0.0787 e. The number of ether oxygens (including phenoxy) is 14. The van der Waals surface area contributed by atoms with Gasteiger partial charge in [0.1, 0.15) is 0 Å². The standard InChI is InChI=1S/C13H28O3.2C12H26O3.C11H24O3.C11H24O2/c1-11(2)9-14-7-8-15-10-12(3)16-13(4,5)6;1-11(2)10-14-7-6-13-8-9-15-12(3,4)5;1-6-7-13-8-9-14-10-11(2)15-12(3,4)5;1-5-6-12-7-8-13-9-10-14-11(2,3)4;1-9(2)7-12-8-10(3)13-11(4,5)6/h11-12H,7-10H2,1-6H3;2*11H,6-10H2,1-5H3;5-10H2,1-4H3;9-10H,7-8H2,1-6H3. The topological polar surface area (TPSA) is 129 Å². The van der Waals surface area contributed by atoms with Crippen LogP contribution in [0.1, 0.15) is 193 Å². The van der Waals surface area contributed by atoms with Gasteiger partial charge in [-0.2, -0.15) is 0 Å². The molecule has 0 saturated carbocycles. The maximum Gasteiger partial charge on any atom is 0.0787 e. The molecule has 0 aliphatic heterocycles. The summed E-state index contributed by atoms with van der Waals surface area (Å²) in [7, 11) is 0. The van der Waals surface area contributed by atoms with Crippen LogP contribution >= 0.6 is 0 Å². The Hall–Kier alpha value is -0.560. The third kappa shape index (κ3) is 94.3. The van der Waals surface area contributed by atoms with Gasteiger partial charge in [-0.15, -0.1) is 0 Å². The minimum atomic E-state index is -0.100. The summed E-state index contributed by atoms with van der Waals surface area (Å²) in [5.74, 6) is 1.78. The van der Waals surface area contributed by atoms with Crippen LogP contribution in [-0.4, -0.2) is 178 Å². The normalized spacial score (nSPS) is 13.6. The van der Waals surface area contributed by atoms with Crippen LogP contribution in [0.3, 0.4) is 0 Å². The lowest BCUT2D eigenvalue weighted by Crippen LogP contribution is -2.29. The molecule has 0 aromatic rings. The number of hydrogen-bond donors (Lipinski definition) is 0. The van der Waals surface area contributed by atoms with Crippen molar-refractivity contribution >= 4 is 0 Å². The van der Waals surface area contributed by atoms with E-state index in [0.29, 0.717) is 117 Å². The second kappa shape index (κ2) is 50.9. The van der Waals surface area contributed by atoms with Gasteiger partial charge in [0.15, 0.2) is 0 Å². The van der Waals surface area contributed by atoms with Crippen LogP contribution in [-0.2, 0) is 66.3 Å². The van der Waals surface area contributed by atoms with Gasteiger partial charge in [-0.25, -0.2) is 0 Å². The number of rotatable bonds is 37. The summed E-state index contributed by atoms with van der Waals surface area (Å²) in [5, 5.41) is 0. The van der Waals surface area contributed by atoms with E-state index in [9.17, 15) is 0 Å². The van der Waals surface area contributed by atoms with Crippen molar-refractivity contribution in [2.45, 2.75) is 239 Å². The van der Waals surface area contributed by atoms with Gasteiger partial charge in [-0.05, 0) is 155 Å². The minimum absolute atomic E-state index is 0.0674. The summed E-state index contributed by atoms with van der Waals surface area (Å²) >= 11 is 0. The Bertz CT molecular complexity index is 1070. The molecule has 0 radical (unpaired) electrons. The molecule has 0 aromatic heterocycles. The highest BCUT2D eigenvalue weighted by Crippen LogP contribution is 2.13. The van der Waals surface area contributed by atoms with Gasteiger partial charge >= 0.3 is 0 Å². The molecule has 0 aliphatic carbocycles. The average Bonchev–Trinajstić information content (AvgIpc) is 3.20. The highest BCUT2D eigenvalue weighted by molar-refractivity contribution is 4.65. The fraction of sp³-hybridized carbons (Fsp3) is 1.00. The van der Waals surface area contributed by atoms with E-state index >= 15 is 0 Å². The van der Waals surface area contributed by atoms with Crippen molar-refractivity contribution < 1.29 is 66.3 Å². The average molecular weight is 1060 g/mol. The van der Waals surface area contributed by atoms with Crippen molar-refractivity contribution in [3.05, 3.63) is 0 Å². The van der Waals surface area contributed by atoms with E-state index in [1.54, 1.807) is 0 Å². The molecule has 3 unspecified atom stereocenters. The van der Waals surface area contributed by atoms with Crippen LogP contribution in [0, 0.1) is 17.8 Å². The first-order valence-corrected chi connectivity index (χ1v) is 28.1. The minimum Gasteiger partial charge on any atom is -0.379 e. The molecule has 0 aromatic carbocycles. The molecule has 73 heavy (non-hydrogen) atoms. The molecule has 0 heterocycles. The Labute approximate surface area is 454 Å². The molecule has 14 heteroatoms. The fourth-order valence-electron chi connectivity index (χ4n) is 5.50. The zero-order valence-electron chi connectivity index (χ0n) is 53.2. The molecule has 0 rings (SSSR count). The summed E-state index contributed by atoms with van der Waals surface area (Å²) < 4.78 is 76.5.